The highest BCUT2D eigenvalue weighted by Crippen LogP contribution is 2.10. The van der Waals surface area contributed by atoms with Crippen molar-refractivity contribution in [3.8, 4) is 0 Å². The minimum absolute atomic E-state index is 0.421. The van der Waals surface area contributed by atoms with Crippen molar-refractivity contribution in [3.63, 3.8) is 0 Å². The van der Waals surface area contributed by atoms with E-state index < -0.39 is 0 Å². The second kappa shape index (κ2) is 9.86. The number of rotatable bonds is 12. The molecule has 1 atom stereocenters. The van der Waals surface area contributed by atoms with Crippen molar-refractivity contribution in [2.24, 2.45) is 0 Å². The first-order valence-corrected chi connectivity index (χ1v) is 6.73. The van der Waals surface area contributed by atoms with Crippen molar-refractivity contribution in [2.45, 2.75) is 57.5 Å². The molecule has 0 amide bonds. The molecule has 1 fully saturated rings. The third-order valence-electron chi connectivity index (χ3n) is 2.90. The van der Waals surface area contributed by atoms with Gasteiger partial charge in [0.25, 0.3) is 0 Å². The summed E-state index contributed by atoms with van der Waals surface area (Å²) in [7, 11) is 0. The number of allylic oxidation sites excluding steroid dienone is 1. The molecular weight excluding hydrogens is 200 g/mol. The Labute approximate surface area is 100 Å². The average Bonchev–Trinajstić information content (AvgIpc) is 3.10. The average molecular weight is 226 g/mol. The van der Waals surface area contributed by atoms with Gasteiger partial charge >= 0.3 is 0 Å². The molecule has 1 aliphatic heterocycles. The SMILES string of the molecule is C=CCCCCCCCCCOCC1CO1. The minimum Gasteiger partial charge on any atom is -0.379 e. The molecule has 0 N–H and O–H groups in total. The van der Waals surface area contributed by atoms with Crippen LogP contribution in [0.4, 0.5) is 0 Å². The first kappa shape index (κ1) is 13.7. The van der Waals surface area contributed by atoms with E-state index in [1.54, 1.807) is 0 Å². The summed E-state index contributed by atoms with van der Waals surface area (Å²) >= 11 is 0. The standard InChI is InChI=1S/C14H26O2/c1-2-3-4-5-6-7-8-9-10-11-15-12-14-13-16-14/h2,14H,1,3-13H2. The van der Waals surface area contributed by atoms with Crippen LogP contribution in [0.15, 0.2) is 12.7 Å². The number of hydrogen-bond acceptors (Lipinski definition) is 2. The first-order valence-electron chi connectivity index (χ1n) is 6.73. The molecule has 0 aliphatic carbocycles. The van der Waals surface area contributed by atoms with Gasteiger partial charge in [-0.25, -0.2) is 0 Å². The molecule has 0 bridgehead atoms. The normalized spacial score (nSPS) is 18.6. The van der Waals surface area contributed by atoms with Crippen molar-refractivity contribution in [1.29, 1.82) is 0 Å². The second-order valence-corrected chi connectivity index (χ2v) is 4.58. The van der Waals surface area contributed by atoms with E-state index in [9.17, 15) is 0 Å². The predicted molar refractivity (Wildman–Crippen MR) is 67.7 cm³/mol. The number of epoxide rings is 1. The largest absolute Gasteiger partial charge is 0.379 e. The Morgan fingerprint density at radius 2 is 1.69 bits per heavy atom. The van der Waals surface area contributed by atoms with E-state index >= 15 is 0 Å². The van der Waals surface area contributed by atoms with E-state index in [2.05, 4.69) is 6.58 Å². The summed E-state index contributed by atoms with van der Waals surface area (Å²) in [4.78, 5) is 0. The van der Waals surface area contributed by atoms with Crippen LogP contribution in [0, 0.1) is 0 Å². The minimum atomic E-state index is 0.421. The summed E-state index contributed by atoms with van der Waals surface area (Å²) in [6.07, 6.45) is 12.9. The number of ether oxygens (including phenoxy) is 2. The molecule has 16 heavy (non-hydrogen) atoms. The molecule has 1 unspecified atom stereocenters. The molecule has 1 aliphatic rings. The van der Waals surface area contributed by atoms with E-state index in [0.717, 1.165) is 19.8 Å². The fourth-order valence-corrected chi connectivity index (χ4v) is 1.76. The molecule has 2 heteroatoms. The summed E-state index contributed by atoms with van der Waals surface area (Å²) < 4.78 is 10.5. The Kier molecular flexibility index (Phi) is 8.45. The van der Waals surface area contributed by atoms with Crippen molar-refractivity contribution in [3.05, 3.63) is 12.7 Å². The molecule has 0 saturated carbocycles. The number of unbranched alkanes of at least 4 members (excludes halogenated alkanes) is 7. The van der Waals surface area contributed by atoms with Crippen LogP contribution in [0.2, 0.25) is 0 Å². The smallest absolute Gasteiger partial charge is 0.104 e. The Bertz CT molecular complexity index is 164. The van der Waals surface area contributed by atoms with E-state index in [1.807, 2.05) is 6.08 Å². The molecular formula is C14H26O2. The van der Waals surface area contributed by atoms with E-state index in [1.165, 1.54) is 51.4 Å². The van der Waals surface area contributed by atoms with Crippen molar-refractivity contribution in [2.75, 3.05) is 19.8 Å². The maximum Gasteiger partial charge on any atom is 0.104 e. The first-order chi connectivity index (χ1) is 7.93. The van der Waals surface area contributed by atoms with Crippen LogP contribution >= 0.6 is 0 Å². The molecule has 0 radical (unpaired) electrons. The molecule has 1 saturated heterocycles. The zero-order valence-corrected chi connectivity index (χ0v) is 10.5. The van der Waals surface area contributed by atoms with Crippen molar-refractivity contribution >= 4 is 0 Å². The van der Waals surface area contributed by atoms with Crippen molar-refractivity contribution in [1.82, 2.24) is 0 Å². The zero-order valence-electron chi connectivity index (χ0n) is 10.5. The Morgan fingerprint density at radius 1 is 1.06 bits per heavy atom. The predicted octanol–water partition coefficient (Wildman–Crippen LogP) is 3.71. The van der Waals surface area contributed by atoms with Crippen LogP contribution in [0.25, 0.3) is 0 Å². The van der Waals surface area contributed by atoms with Gasteiger partial charge in [-0.3, -0.25) is 0 Å². The van der Waals surface area contributed by atoms with Gasteiger partial charge in [-0.1, -0.05) is 38.2 Å². The summed E-state index contributed by atoms with van der Waals surface area (Å²) in [5, 5.41) is 0. The summed E-state index contributed by atoms with van der Waals surface area (Å²) in [5.41, 5.74) is 0. The van der Waals surface area contributed by atoms with Gasteiger partial charge in [0, 0.05) is 6.61 Å². The quantitative estimate of drug-likeness (QED) is 0.287. The van der Waals surface area contributed by atoms with Gasteiger partial charge in [0.05, 0.1) is 13.2 Å². The van der Waals surface area contributed by atoms with Crippen LogP contribution in [0.5, 0.6) is 0 Å². The highest BCUT2D eigenvalue weighted by molar-refractivity contribution is 4.67. The van der Waals surface area contributed by atoms with Gasteiger partial charge in [0.1, 0.15) is 6.10 Å². The van der Waals surface area contributed by atoms with Crippen LogP contribution < -0.4 is 0 Å². The second-order valence-electron chi connectivity index (χ2n) is 4.58. The van der Waals surface area contributed by atoms with E-state index in [0.29, 0.717) is 6.10 Å². The molecule has 2 nitrogen and oxygen atoms in total. The maximum absolute atomic E-state index is 5.48. The lowest BCUT2D eigenvalue weighted by molar-refractivity contribution is 0.113. The monoisotopic (exact) mass is 226 g/mol. The maximum atomic E-state index is 5.48. The fraction of sp³-hybridized carbons (Fsp3) is 0.857. The number of hydrogen-bond donors (Lipinski definition) is 0. The summed E-state index contributed by atoms with van der Waals surface area (Å²) in [5.74, 6) is 0. The Balaban J connectivity index is 1.63. The lowest BCUT2D eigenvalue weighted by atomic mass is 10.1. The summed E-state index contributed by atoms with van der Waals surface area (Å²) in [6, 6.07) is 0. The van der Waals surface area contributed by atoms with Crippen molar-refractivity contribution < 1.29 is 9.47 Å². The summed E-state index contributed by atoms with van der Waals surface area (Å²) in [6.45, 7) is 6.36. The van der Waals surface area contributed by atoms with Crippen LogP contribution in [-0.2, 0) is 9.47 Å². The molecule has 1 heterocycles. The lowest BCUT2D eigenvalue weighted by Gasteiger charge is -2.02. The molecule has 0 spiro atoms. The van der Waals surface area contributed by atoms with Gasteiger partial charge in [-0.15, -0.1) is 6.58 Å². The molecule has 1 rings (SSSR count). The van der Waals surface area contributed by atoms with Gasteiger partial charge in [0.15, 0.2) is 0 Å². The van der Waals surface area contributed by atoms with Gasteiger partial charge in [-0.05, 0) is 19.3 Å². The third-order valence-corrected chi connectivity index (χ3v) is 2.90. The molecule has 94 valence electrons. The van der Waals surface area contributed by atoms with Crippen LogP contribution in [0.3, 0.4) is 0 Å². The van der Waals surface area contributed by atoms with Gasteiger partial charge < -0.3 is 9.47 Å². The van der Waals surface area contributed by atoms with Gasteiger partial charge in [0.2, 0.25) is 0 Å². The highest BCUT2D eigenvalue weighted by Gasteiger charge is 2.21. The Hall–Kier alpha value is -0.340. The zero-order chi connectivity index (χ0) is 11.5. The topological polar surface area (TPSA) is 21.8 Å². The van der Waals surface area contributed by atoms with Crippen LogP contribution in [-0.4, -0.2) is 25.9 Å². The Morgan fingerprint density at radius 3 is 2.31 bits per heavy atom. The van der Waals surface area contributed by atoms with Gasteiger partial charge in [-0.2, -0.15) is 0 Å². The van der Waals surface area contributed by atoms with Crippen LogP contribution in [0.1, 0.15) is 51.4 Å². The highest BCUT2D eigenvalue weighted by atomic mass is 16.6. The van der Waals surface area contributed by atoms with E-state index in [4.69, 9.17) is 9.47 Å². The van der Waals surface area contributed by atoms with E-state index in [-0.39, 0.29) is 0 Å². The molecule has 0 aromatic heterocycles. The molecule has 0 aromatic carbocycles. The third kappa shape index (κ3) is 8.93. The lowest BCUT2D eigenvalue weighted by Crippen LogP contribution is -2.02. The fourth-order valence-electron chi connectivity index (χ4n) is 1.76. The molecule has 0 aromatic rings.